The molecule has 18 heavy (non-hydrogen) atoms. The van der Waals surface area contributed by atoms with Crippen molar-refractivity contribution in [2.24, 2.45) is 0 Å². The largest absolute Gasteiger partial charge is 0.451 e. The molecule has 0 atom stereocenters. The number of hydrogen-bond acceptors (Lipinski definition) is 3. The average molecular weight is 244 g/mol. The Morgan fingerprint density at radius 1 is 1.39 bits per heavy atom. The van der Waals surface area contributed by atoms with Crippen LogP contribution in [0.2, 0.25) is 0 Å². The first-order chi connectivity index (χ1) is 8.65. The Bertz CT molecular complexity index is 533. The minimum absolute atomic E-state index is 0.00769. The highest BCUT2D eigenvalue weighted by molar-refractivity contribution is 5.91. The molecule has 0 saturated carbocycles. The molecular formula is C14H16N2O2. The third kappa shape index (κ3) is 3.20. The lowest BCUT2D eigenvalue weighted by Gasteiger charge is -2.08. The molecule has 0 aliphatic carbocycles. The number of oxazole rings is 1. The van der Waals surface area contributed by atoms with Crippen molar-refractivity contribution in [3.63, 3.8) is 0 Å². The molecule has 2 rings (SSSR count). The quantitative estimate of drug-likeness (QED) is 0.899. The lowest BCUT2D eigenvalue weighted by molar-refractivity contribution is -0.116. The number of aromatic nitrogens is 1. The molecule has 4 heteroatoms. The maximum absolute atomic E-state index is 11.8. The molecule has 0 radical (unpaired) electrons. The highest BCUT2D eigenvalue weighted by Gasteiger charge is 2.06. The van der Waals surface area contributed by atoms with Crippen molar-refractivity contribution < 1.29 is 9.21 Å². The molecule has 94 valence electrons. The highest BCUT2D eigenvalue weighted by atomic mass is 16.3. The molecule has 0 fully saturated rings. The van der Waals surface area contributed by atoms with E-state index in [2.05, 4.69) is 10.3 Å². The van der Waals surface area contributed by atoms with Crippen LogP contribution in [-0.4, -0.2) is 10.9 Å². The van der Waals surface area contributed by atoms with E-state index in [4.69, 9.17) is 4.42 Å². The van der Waals surface area contributed by atoms with Gasteiger partial charge < -0.3 is 9.73 Å². The topological polar surface area (TPSA) is 55.1 Å². The van der Waals surface area contributed by atoms with Gasteiger partial charge in [-0.1, -0.05) is 12.1 Å². The summed E-state index contributed by atoms with van der Waals surface area (Å²) in [5, 5.41) is 2.92. The molecule has 0 unspecified atom stereocenters. The summed E-state index contributed by atoms with van der Waals surface area (Å²) >= 11 is 0. The number of aryl methyl sites for hydroxylation is 3. The molecule has 1 heterocycles. The Hall–Kier alpha value is -2.10. The van der Waals surface area contributed by atoms with Gasteiger partial charge in [0.05, 0.1) is 5.69 Å². The maximum atomic E-state index is 11.8. The van der Waals surface area contributed by atoms with Crippen LogP contribution in [0.15, 0.2) is 35.3 Å². The van der Waals surface area contributed by atoms with Gasteiger partial charge >= 0.3 is 0 Å². The predicted octanol–water partition coefficient (Wildman–Crippen LogP) is 2.86. The van der Waals surface area contributed by atoms with Gasteiger partial charge in [-0.15, -0.1) is 0 Å². The van der Waals surface area contributed by atoms with Gasteiger partial charge in [0.15, 0.2) is 6.39 Å². The fourth-order valence-corrected chi connectivity index (χ4v) is 1.69. The summed E-state index contributed by atoms with van der Waals surface area (Å²) in [4.78, 5) is 15.8. The minimum atomic E-state index is -0.00769. The Kier molecular flexibility index (Phi) is 3.77. The highest BCUT2D eigenvalue weighted by Crippen LogP contribution is 2.16. The number of benzene rings is 1. The van der Waals surface area contributed by atoms with E-state index in [0.29, 0.717) is 12.8 Å². The van der Waals surface area contributed by atoms with Crippen molar-refractivity contribution in [3.8, 4) is 0 Å². The number of anilines is 1. The van der Waals surface area contributed by atoms with E-state index in [9.17, 15) is 4.79 Å². The molecule has 0 bridgehead atoms. The van der Waals surface area contributed by atoms with Crippen LogP contribution in [-0.2, 0) is 11.2 Å². The van der Waals surface area contributed by atoms with Gasteiger partial charge in [-0.25, -0.2) is 4.98 Å². The monoisotopic (exact) mass is 244 g/mol. The normalized spacial score (nSPS) is 10.3. The fourth-order valence-electron chi connectivity index (χ4n) is 1.69. The number of nitrogens with zero attached hydrogens (tertiary/aromatic N) is 1. The van der Waals surface area contributed by atoms with E-state index < -0.39 is 0 Å². The van der Waals surface area contributed by atoms with Crippen molar-refractivity contribution in [2.75, 3.05) is 5.32 Å². The lowest BCUT2D eigenvalue weighted by atomic mass is 10.1. The van der Waals surface area contributed by atoms with E-state index in [-0.39, 0.29) is 5.91 Å². The van der Waals surface area contributed by atoms with Gasteiger partial charge in [-0.3, -0.25) is 4.79 Å². The average Bonchev–Trinajstić information content (AvgIpc) is 2.84. The van der Waals surface area contributed by atoms with E-state index in [1.54, 1.807) is 6.26 Å². The number of nitrogens with one attached hydrogen (secondary N) is 1. The molecule has 0 spiro atoms. The van der Waals surface area contributed by atoms with Crippen molar-refractivity contribution >= 4 is 11.6 Å². The van der Waals surface area contributed by atoms with Crippen LogP contribution in [0.4, 0.5) is 5.69 Å². The molecule has 0 aliphatic heterocycles. The molecule has 4 nitrogen and oxygen atoms in total. The van der Waals surface area contributed by atoms with Crippen molar-refractivity contribution in [1.29, 1.82) is 0 Å². The molecular weight excluding hydrogens is 228 g/mol. The van der Waals surface area contributed by atoms with Gasteiger partial charge in [0, 0.05) is 18.5 Å². The Morgan fingerprint density at radius 2 is 2.22 bits per heavy atom. The third-order valence-corrected chi connectivity index (χ3v) is 2.76. The Morgan fingerprint density at radius 3 is 2.94 bits per heavy atom. The summed E-state index contributed by atoms with van der Waals surface area (Å²) < 4.78 is 4.86. The second-order valence-electron chi connectivity index (χ2n) is 4.35. The van der Waals surface area contributed by atoms with Gasteiger partial charge in [-0.2, -0.15) is 0 Å². The van der Waals surface area contributed by atoms with Crippen LogP contribution in [0.1, 0.15) is 23.2 Å². The molecule has 0 saturated heterocycles. The molecule has 0 aliphatic rings. The summed E-state index contributed by atoms with van der Waals surface area (Å²) in [5.74, 6) is -0.00769. The number of carbonyl (C=O) groups is 1. The first-order valence-corrected chi connectivity index (χ1v) is 5.89. The summed E-state index contributed by atoms with van der Waals surface area (Å²) in [5.41, 5.74) is 3.87. The van der Waals surface area contributed by atoms with E-state index >= 15 is 0 Å². The molecule has 1 amide bonds. The second kappa shape index (κ2) is 5.49. The zero-order valence-corrected chi connectivity index (χ0v) is 10.6. The Balaban J connectivity index is 1.92. The predicted molar refractivity (Wildman–Crippen MR) is 69.4 cm³/mol. The first kappa shape index (κ1) is 12.4. The van der Waals surface area contributed by atoms with Crippen LogP contribution >= 0.6 is 0 Å². The summed E-state index contributed by atoms with van der Waals surface area (Å²) in [6.45, 7) is 3.98. The van der Waals surface area contributed by atoms with Crippen LogP contribution < -0.4 is 5.32 Å². The maximum Gasteiger partial charge on any atom is 0.224 e. The second-order valence-corrected chi connectivity index (χ2v) is 4.35. The number of hydrogen-bond donors (Lipinski definition) is 1. The van der Waals surface area contributed by atoms with Crippen LogP contribution in [0.5, 0.6) is 0 Å². The standard InChI is InChI=1S/C14H16N2O2/c1-10-3-4-11(2)13(7-10)16-14(17)6-5-12-8-18-9-15-12/h3-4,7-9H,5-6H2,1-2H3,(H,16,17). The van der Waals surface area contributed by atoms with Gasteiger partial charge in [0.1, 0.15) is 6.26 Å². The summed E-state index contributed by atoms with van der Waals surface area (Å²) in [6.07, 6.45) is 3.93. The lowest BCUT2D eigenvalue weighted by Crippen LogP contribution is -2.13. The SMILES string of the molecule is Cc1ccc(C)c(NC(=O)CCc2cocn2)c1. The van der Waals surface area contributed by atoms with Crippen molar-refractivity contribution in [2.45, 2.75) is 26.7 Å². The Labute approximate surface area is 106 Å². The molecule has 2 aromatic rings. The van der Waals surface area contributed by atoms with E-state index in [0.717, 1.165) is 22.5 Å². The van der Waals surface area contributed by atoms with Gasteiger partial charge in [0.2, 0.25) is 5.91 Å². The van der Waals surface area contributed by atoms with Crippen LogP contribution in [0.3, 0.4) is 0 Å². The van der Waals surface area contributed by atoms with Crippen molar-refractivity contribution in [1.82, 2.24) is 4.98 Å². The third-order valence-electron chi connectivity index (χ3n) is 2.76. The van der Waals surface area contributed by atoms with E-state index in [1.165, 1.54) is 6.39 Å². The van der Waals surface area contributed by atoms with Crippen LogP contribution in [0.25, 0.3) is 0 Å². The smallest absolute Gasteiger partial charge is 0.224 e. The van der Waals surface area contributed by atoms with Gasteiger partial charge in [0.25, 0.3) is 0 Å². The summed E-state index contributed by atoms with van der Waals surface area (Å²) in [7, 11) is 0. The number of rotatable bonds is 4. The fraction of sp³-hybridized carbons (Fsp3) is 0.286. The van der Waals surface area contributed by atoms with Gasteiger partial charge in [-0.05, 0) is 31.0 Å². The molecule has 1 aromatic heterocycles. The zero-order chi connectivity index (χ0) is 13.0. The van der Waals surface area contributed by atoms with Crippen molar-refractivity contribution in [3.05, 3.63) is 47.7 Å². The first-order valence-electron chi connectivity index (χ1n) is 5.89. The number of carbonyl (C=O) groups excluding carboxylic acids is 1. The van der Waals surface area contributed by atoms with Crippen LogP contribution in [0, 0.1) is 13.8 Å². The molecule has 1 N–H and O–H groups in total. The van der Waals surface area contributed by atoms with E-state index in [1.807, 2.05) is 32.0 Å². The minimum Gasteiger partial charge on any atom is -0.451 e. The number of amides is 1. The summed E-state index contributed by atoms with van der Waals surface area (Å²) in [6, 6.07) is 6.01. The molecule has 1 aromatic carbocycles. The zero-order valence-electron chi connectivity index (χ0n) is 10.6.